The van der Waals surface area contributed by atoms with Gasteiger partial charge < -0.3 is 10.6 Å². The Morgan fingerprint density at radius 2 is 1.85 bits per heavy atom. The van der Waals surface area contributed by atoms with Crippen LogP contribution in [0, 0.1) is 12.7 Å². The van der Waals surface area contributed by atoms with Crippen LogP contribution in [0.15, 0.2) is 48.5 Å². The maximum atomic E-state index is 13.0. The average molecular weight is 272 g/mol. The first-order valence-corrected chi connectivity index (χ1v) is 6.95. The monoisotopic (exact) mass is 272 g/mol. The van der Waals surface area contributed by atoms with Crippen LogP contribution in [0.4, 0.5) is 10.1 Å². The second-order valence-corrected chi connectivity index (χ2v) is 5.03. The molecule has 0 saturated heterocycles. The normalized spacial score (nSPS) is 10.6. The molecular formula is C17H21FN2. The molecule has 2 N–H and O–H groups in total. The van der Waals surface area contributed by atoms with E-state index < -0.39 is 0 Å². The van der Waals surface area contributed by atoms with Gasteiger partial charge in [0.2, 0.25) is 0 Å². The van der Waals surface area contributed by atoms with Crippen molar-refractivity contribution in [2.75, 3.05) is 18.0 Å². The molecule has 0 aliphatic carbocycles. The Morgan fingerprint density at radius 1 is 1.10 bits per heavy atom. The molecule has 0 aliphatic heterocycles. The first-order chi connectivity index (χ1) is 9.69. The molecule has 20 heavy (non-hydrogen) atoms. The van der Waals surface area contributed by atoms with E-state index in [4.69, 9.17) is 5.73 Å². The predicted molar refractivity (Wildman–Crippen MR) is 82.3 cm³/mol. The summed E-state index contributed by atoms with van der Waals surface area (Å²) in [6, 6.07) is 15.1. The molecule has 0 heterocycles. The van der Waals surface area contributed by atoms with Crippen LogP contribution < -0.4 is 10.6 Å². The average Bonchev–Trinajstić information content (AvgIpc) is 2.44. The highest BCUT2D eigenvalue weighted by atomic mass is 19.1. The van der Waals surface area contributed by atoms with Gasteiger partial charge in [0.05, 0.1) is 0 Å². The van der Waals surface area contributed by atoms with Crippen molar-refractivity contribution in [2.45, 2.75) is 19.9 Å². The Bertz CT molecular complexity index is 537. The van der Waals surface area contributed by atoms with Crippen LogP contribution in [0.3, 0.4) is 0 Å². The summed E-state index contributed by atoms with van der Waals surface area (Å²) in [5, 5.41) is 0. The summed E-state index contributed by atoms with van der Waals surface area (Å²) in [4.78, 5) is 2.24. The van der Waals surface area contributed by atoms with Gasteiger partial charge in [-0.1, -0.05) is 29.8 Å². The Labute approximate surface area is 120 Å². The minimum absolute atomic E-state index is 0.205. The number of nitrogens with two attached hydrogens (primary N) is 1. The quantitative estimate of drug-likeness (QED) is 0.872. The smallest absolute Gasteiger partial charge is 0.123 e. The number of aryl methyl sites for hydroxylation is 1. The standard InChI is InChI=1S/C17H21FN2/c1-14-4-2-5-15(12-14)13-20(11-3-10-19)17-8-6-16(18)7-9-17/h2,4-9,12H,3,10-11,13,19H2,1H3. The Morgan fingerprint density at radius 3 is 2.50 bits per heavy atom. The van der Waals surface area contributed by atoms with Crippen molar-refractivity contribution < 1.29 is 4.39 Å². The molecule has 3 heteroatoms. The maximum Gasteiger partial charge on any atom is 0.123 e. The largest absolute Gasteiger partial charge is 0.367 e. The van der Waals surface area contributed by atoms with Crippen molar-refractivity contribution in [1.82, 2.24) is 0 Å². The summed E-state index contributed by atoms with van der Waals surface area (Å²) in [6.45, 7) is 4.43. The molecule has 0 saturated carbocycles. The Balaban J connectivity index is 2.16. The van der Waals surface area contributed by atoms with Crippen molar-refractivity contribution in [3.05, 3.63) is 65.5 Å². The molecule has 106 valence electrons. The molecule has 2 nitrogen and oxygen atoms in total. The lowest BCUT2D eigenvalue weighted by Crippen LogP contribution is -2.25. The SMILES string of the molecule is Cc1cccc(CN(CCCN)c2ccc(F)cc2)c1. The van der Waals surface area contributed by atoms with E-state index in [1.807, 2.05) is 12.1 Å². The fraction of sp³-hybridized carbons (Fsp3) is 0.294. The highest BCUT2D eigenvalue weighted by Crippen LogP contribution is 2.18. The topological polar surface area (TPSA) is 29.3 Å². The fourth-order valence-corrected chi connectivity index (χ4v) is 2.26. The summed E-state index contributed by atoms with van der Waals surface area (Å²) in [5.74, 6) is -0.205. The molecule has 2 aromatic carbocycles. The highest BCUT2D eigenvalue weighted by molar-refractivity contribution is 5.47. The van der Waals surface area contributed by atoms with Crippen molar-refractivity contribution in [3.63, 3.8) is 0 Å². The second-order valence-electron chi connectivity index (χ2n) is 5.03. The summed E-state index contributed by atoms with van der Waals surface area (Å²) in [6.07, 6.45) is 0.920. The molecule has 2 rings (SSSR count). The van der Waals surface area contributed by atoms with Crippen LogP contribution in [-0.4, -0.2) is 13.1 Å². The van der Waals surface area contributed by atoms with Gasteiger partial charge in [-0.15, -0.1) is 0 Å². The molecule has 0 radical (unpaired) electrons. The van der Waals surface area contributed by atoms with Crippen LogP contribution in [0.5, 0.6) is 0 Å². The van der Waals surface area contributed by atoms with Gasteiger partial charge in [0.1, 0.15) is 5.82 Å². The van der Waals surface area contributed by atoms with Crippen LogP contribution in [-0.2, 0) is 6.54 Å². The van der Waals surface area contributed by atoms with E-state index in [9.17, 15) is 4.39 Å². The van der Waals surface area contributed by atoms with E-state index in [1.54, 1.807) is 0 Å². The molecule has 0 aliphatic rings. The third-order valence-electron chi connectivity index (χ3n) is 3.28. The fourth-order valence-electron chi connectivity index (χ4n) is 2.26. The molecule has 0 bridgehead atoms. The minimum Gasteiger partial charge on any atom is -0.367 e. The predicted octanol–water partition coefficient (Wildman–Crippen LogP) is 3.49. The summed E-state index contributed by atoms with van der Waals surface area (Å²) in [5.41, 5.74) is 9.15. The second kappa shape index (κ2) is 7.06. The lowest BCUT2D eigenvalue weighted by Gasteiger charge is -2.25. The number of nitrogens with zero attached hydrogens (tertiary/aromatic N) is 1. The van der Waals surface area contributed by atoms with Crippen molar-refractivity contribution in [3.8, 4) is 0 Å². The lowest BCUT2D eigenvalue weighted by molar-refractivity contribution is 0.627. The van der Waals surface area contributed by atoms with Gasteiger partial charge in [-0.3, -0.25) is 0 Å². The van der Waals surface area contributed by atoms with E-state index in [2.05, 4.69) is 36.1 Å². The number of benzene rings is 2. The van der Waals surface area contributed by atoms with Crippen LogP contribution in [0.2, 0.25) is 0 Å². The first-order valence-electron chi connectivity index (χ1n) is 6.95. The zero-order valence-corrected chi connectivity index (χ0v) is 11.8. The minimum atomic E-state index is -0.205. The Hall–Kier alpha value is -1.87. The molecule has 0 aromatic heterocycles. The zero-order valence-electron chi connectivity index (χ0n) is 11.8. The number of anilines is 1. The number of hydrogen-bond donors (Lipinski definition) is 1. The number of halogens is 1. The van der Waals surface area contributed by atoms with E-state index in [0.29, 0.717) is 6.54 Å². The van der Waals surface area contributed by atoms with Gasteiger partial charge in [0.15, 0.2) is 0 Å². The van der Waals surface area contributed by atoms with Crippen LogP contribution >= 0.6 is 0 Å². The van der Waals surface area contributed by atoms with Crippen LogP contribution in [0.25, 0.3) is 0 Å². The van der Waals surface area contributed by atoms with Gasteiger partial charge in [-0.2, -0.15) is 0 Å². The molecule has 0 unspecified atom stereocenters. The third kappa shape index (κ3) is 4.07. The van der Waals surface area contributed by atoms with Gasteiger partial charge in [0.25, 0.3) is 0 Å². The van der Waals surface area contributed by atoms with Crippen molar-refractivity contribution in [1.29, 1.82) is 0 Å². The molecule has 2 aromatic rings. The summed E-state index contributed by atoms with van der Waals surface area (Å²) < 4.78 is 13.0. The molecular weight excluding hydrogens is 251 g/mol. The van der Waals surface area contributed by atoms with E-state index in [-0.39, 0.29) is 5.82 Å². The molecule has 0 spiro atoms. The molecule has 0 amide bonds. The van der Waals surface area contributed by atoms with Crippen LogP contribution in [0.1, 0.15) is 17.5 Å². The molecule has 0 fully saturated rings. The summed E-state index contributed by atoms with van der Waals surface area (Å²) >= 11 is 0. The number of hydrogen-bond acceptors (Lipinski definition) is 2. The van der Waals surface area contributed by atoms with Gasteiger partial charge in [-0.05, 0) is 49.7 Å². The lowest BCUT2D eigenvalue weighted by atomic mass is 10.1. The van der Waals surface area contributed by atoms with Gasteiger partial charge >= 0.3 is 0 Å². The highest BCUT2D eigenvalue weighted by Gasteiger charge is 2.07. The van der Waals surface area contributed by atoms with Gasteiger partial charge in [0, 0.05) is 18.8 Å². The molecule has 0 atom stereocenters. The summed E-state index contributed by atoms with van der Waals surface area (Å²) in [7, 11) is 0. The first kappa shape index (κ1) is 14.5. The maximum absolute atomic E-state index is 13.0. The van der Waals surface area contributed by atoms with E-state index in [1.165, 1.54) is 23.3 Å². The zero-order chi connectivity index (χ0) is 14.4. The van der Waals surface area contributed by atoms with Gasteiger partial charge in [-0.25, -0.2) is 4.39 Å². The van der Waals surface area contributed by atoms with E-state index >= 15 is 0 Å². The van der Waals surface area contributed by atoms with Crippen molar-refractivity contribution in [2.24, 2.45) is 5.73 Å². The Kier molecular flexibility index (Phi) is 5.13. The van der Waals surface area contributed by atoms with E-state index in [0.717, 1.165) is 25.2 Å². The third-order valence-corrected chi connectivity index (χ3v) is 3.28. The number of rotatable bonds is 6. The van der Waals surface area contributed by atoms with Crippen molar-refractivity contribution >= 4 is 5.69 Å².